The van der Waals surface area contributed by atoms with E-state index in [1.54, 1.807) is 12.3 Å². The Morgan fingerprint density at radius 1 is 1.23 bits per heavy atom. The Balaban J connectivity index is 2.03. The number of anilines is 3. The summed E-state index contributed by atoms with van der Waals surface area (Å²) >= 11 is 6.09. The number of carbonyl (C=O) groups excluding carboxylic acids is 1. The Labute approximate surface area is 135 Å². The third-order valence-electron chi connectivity index (χ3n) is 2.97. The first-order chi connectivity index (χ1) is 10.5. The summed E-state index contributed by atoms with van der Waals surface area (Å²) in [6.45, 7) is 5.74. The zero-order valence-electron chi connectivity index (χ0n) is 12.8. The van der Waals surface area contributed by atoms with Crippen LogP contribution in [0.3, 0.4) is 0 Å². The molecule has 0 saturated heterocycles. The number of benzene rings is 1. The van der Waals surface area contributed by atoms with E-state index in [9.17, 15) is 4.79 Å². The monoisotopic (exact) mass is 318 g/mol. The molecule has 0 bridgehead atoms. The van der Waals surface area contributed by atoms with Crippen LogP contribution < -0.4 is 16.0 Å². The fourth-order valence-corrected chi connectivity index (χ4v) is 2.03. The van der Waals surface area contributed by atoms with Crippen LogP contribution in [0.2, 0.25) is 5.02 Å². The summed E-state index contributed by atoms with van der Waals surface area (Å²) in [5.41, 5.74) is 2.72. The molecule has 1 aromatic heterocycles. The Bertz CT molecular complexity index is 656. The Kier molecular flexibility index (Phi) is 5.22. The van der Waals surface area contributed by atoms with E-state index in [1.165, 1.54) is 0 Å². The van der Waals surface area contributed by atoms with E-state index in [1.807, 2.05) is 45.0 Å². The lowest BCUT2D eigenvalue weighted by atomic mass is 10.2. The maximum atomic E-state index is 11.6. The van der Waals surface area contributed by atoms with Gasteiger partial charge in [0.2, 0.25) is 0 Å². The van der Waals surface area contributed by atoms with Crippen LogP contribution in [0.4, 0.5) is 22.0 Å². The van der Waals surface area contributed by atoms with Gasteiger partial charge in [0.05, 0.1) is 11.9 Å². The van der Waals surface area contributed by atoms with Crippen LogP contribution in [0.1, 0.15) is 19.4 Å². The van der Waals surface area contributed by atoms with E-state index in [-0.39, 0.29) is 12.1 Å². The lowest BCUT2D eigenvalue weighted by molar-refractivity contribution is 0.250. The van der Waals surface area contributed by atoms with E-state index in [0.717, 1.165) is 16.9 Å². The lowest BCUT2D eigenvalue weighted by Crippen LogP contribution is -2.34. The number of nitrogens with one attached hydrogen (secondary N) is 3. The molecule has 6 heteroatoms. The molecule has 0 aliphatic heterocycles. The molecule has 5 nitrogen and oxygen atoms in total. The summed E-state index contributed by atoms with van der Waals surface area (Å²) in [7, 11) is 0. The van der Waals surface area contributed by atoms with Crippen LogP contribution in [0.5, 0.6) is 0 Å². The summed E-state index contributed by atoms with van der Waals surface area (Å²) in [5.74, 6) is 0.492. The van der Waals surface area contributed by atoms with Gasteiger partial charge in [0.15, 0.2) is 0 Å². The summed E-state index contributed by atoms with van der Waals surface area (Å²) in [6, 6.07) is 9.07. The van der Waals surface area contributed by atoms with Gasteiger partial charge in [-0.2, -0.15) is 0 Å². The summed E-state index contributed by atoms with van der Waals surface area (Å²) < 4.78 is 0. The zero-order valence-corrected chi connectivity index (χ0v) is 13.5. The minimum absolute atomic E-state index is 0.0757. The number of carbonyl (C=O) groups is 1. The molecule has 0 spiro atoms. The van der Waals surface area contributed by atoms with Crippen molar-refractivity contribution < 1.29 is 4.79 Å². The molecule has 22 heavy (non-hydrogen) atoms. The average Bonchev–Trinajstić information content (AvgIpc) is 2.45. The number of hydrogen-bond donors (Lipinski definition) is 3. The predicted octanol–water partition coefficient (Wildman–Crippen LogP) is 4.32. The topological polar surface area (TPSA) is 66.0 Å². The third-order valence-corrected chi connectivity index (χ3v) is 3.38. The second-order valence-corrected chi connectivity index (χ2v) is 5.63. The molecule has 2 rings (SSSR count). The number of aromatic nitrogens is 1. The van der Waals surface area contributed by atoms with Crippen molar-refractivity contribution in [2.75, 3.05) is 10.6 Å². The molecule has 0 fully saturated rings. The predicted molar refractivity (Wildman–Crippen MR) is 91.0 cm³/mol. The SMILES string of the molecule is Cc1c(Cl)cccc1Nc1ccc(NC(=O)NC(C)C)nc1. The standard InChI is InChI=1S/C16H19ClN4O/c1-10(2)19-16(22)21-15-8-7-12(9-18-15)20-14-6-4-5-13(17)11(14)3/h4-10,20H,1-3H3,(H2,18,19,21,22). The van der Waals surface area contributed by atoms with Gasteiger partial charge in [0.1, 0.15) is 5.82 Å². The molecule has 0 atom stereocenters. The van der Waals surface area contributed by atoms with Gasteiger partial charge in [-0.1, -0.05) is 17.7 Å². The number of halogens is 1. The minimum atomic E-state index is -0.270. The van der Waals surface area contributed by atoms with Gasteiger partial charge >= 0.3 is 6.03 Å². The molecule has 3 N–H and O–H groups in total. The normalized spacial score (nSPS) is 10.4. The van der Waals surface area contributed by atoms with Crippen LogP contribution in [0, 0.1) is 6.92 Å². The molecule has 0 radical (unpaired) electrons. The number of rotatable bonds is 4. The number of nitrogens with zero attached hydrogens (tertiary/aromatic N) is 1. The van der Waals surface area contributed by atoms with Gasteiger partial charge in [-0.05, 0) is 50.6 Å². The highest BCUT2D eigenvalue weighted by Crippen LogP contribution is 2.26. The van der Waals surface area contributed by atoms with Crippen molar-refractivity contribution in [3.63, 3.8) is 0 Å². The lowest BCUT2D eigenvalue weighted by Gasteiger charge is -2.12. The van der Waals surface area contributed by atoms with Gasteiger partial charge in [0, 0.05) is 16.8 Å². The van der Waals surface area contributed by atoms with Gasteiger partial charge in [-0.3, -0.25) is 5.32 Å². The van der Waals surface area contributed by atoms with E-state index in [0.29, 0.717) is 10.8 Å². The first-order valence-corrected chi connectivity index (χ1v) is 7.39. The molecule has 0 unspecified atom stereocenters. The number of urea groups is 1. The van der Waals surface area contributed by atoms with E-state index < -0.39 is 0 Å². The van der Waals surface area contributed by atoms with Crippen molar-refractivity contribution in [1.82, 2.24) is 10.3 Å². The van der Waals surface area contributed by atoms with Crippen LogP contribution >= 0.6 is 11.6 Å². The highest BCUT2D eigenvalue weighted by Gasteiger charge is 2.05. The van der Waals surface area contributed by atoms with Crippen LogP contribution in [0.15, 0.2) is 36.5 Å². The van der Waals surface area contributed by atoms with Gasteiger partial charge in [-0.25, -0.2) is 9.78 Å². The minimum Gasteiger partial charge on any atom is -0.354 e. The van der Waals surface area contributed by atoms with Crippen molar-refractivity contribution in [2.45, 2.75) is 26.8 Å². The molecular weight excluding hydrogens is 300 g/mol. The first kappa shape index (κ1) is 16.1. The Morgan fingerprint density at radius 2 is 2.00 bits per heavy atom. The third kappa shape index (κ3) is 4.36. The van der Waals surface area contributed by atoms with Crippen LogP contribution in [-0.2, 0) is 0 Å². The summed E-state index contributed by atoms with van der Waals surface area (Å²) in [5, 5.41) is 9.37. The fraction of sp³-hybridized carbons (Fsp3) is 0.250. The smallest absolute Gasteiger partial charge is 0.320 e. The number of hydrogen-bond acceptors (Lipinski definition) is 3. The largest absolute Gasteiger partial charge is 0.354 e. The fourth-order valence-electron chi connectivity index (χ4n) is 1.85. The molecule has 1 heterocycles. The Hall–Kier alpha value is -2.27. The first-order valence-electron chi connectivity index (χ1n) is 7.01. The molecule has 0 saturated carbocycles. The molecule has 1 aromatic carbocycles. The van der Waals surface area contributed by atoms with Crippen LogP contribution in [0.25, 0.3) is 0 Å². The van der Waals surface area contributed by atoms with Crippen molar-refractivity contribution in [1.29, 1.82) is 0 Å². The average molecular weight is 319 g/mol. The quantitative estimate of drug-likeness (QED) is 0.786. The van der Waals surface area contributed by atoms with Gasteiger partial charge in [0.25, 0.3) is 0 Å². The maximum Gasteiger partial charge on any atom is 0.320 e. The van der Waals surface area contributed by atoms with E-state index >= 15 is 0 Å². The molecule has 2 amide bonds. The zero-order chi connectivity index (χ0) is 16.1. The summed E-state index contributed by atoms with van der Waals surface area (Å²) in [4.78, 5) is 15.8. The van der Waals surface area contributed by atoms with E-state index in [4.69, 9.17) is 11.6 Å². The van der Waals surface area contributed by atoms with Gasteiger partial charge in [-0.15, -0.1) is 0 Å². The highest BCUT2D eigenvalue weighted by molar-refractivity contribution is 6.31. The van der Waals surface area contributed by atoms with Gasteiger partial charge < -0.3 is 10.6 Å². The van der Waals surface area contributed by atoms with Crippen molar-refractivity contribution in [3.8, 4) is 0 Å². The number of pyridine rings is 1. The Morgan fingerprint density at radius 3 is 2.64 bits per heavy atom. The molecular formula is C16H19ClN4O. The molecule has 116 valence electrons. The second kappa shape index (κ2) is 7.13. The second-order valence-electron chi connectivity index (χ2n) is 5.22. The van der Waals surface area contributed by atoms with Crippen molar-refractivity contribution in [3.05, 3.63) is 47.1 Å². The summed E-state index contributed by atoms with van der Waals surface area (Å²) in [6.07, 6.45) is 1.66. The molecule has 0 aliphatic carbocycles. The molecule has 2 aromatic rings. The van der Waals surface area contributed by atoms with Crippen molar-refractivity contribution in [2.24, 2.45) is 0 Å². The maximum absolute atomic E-state index is 11.6. The van der Waals surface area contributed by atoms with Crippen LogP contribution in [-0.4, -0.2) is 17.1 Å². The van der Waals surface area contributed by atoms with Crippen molar-refractivity contribution >= 4 is 34.8 Å². The molecule has 0 aliphatic rings. The highest BCUT2D eigenvalue weighted by atomic mass is 35.5. The van der Waals surface area contributed by atoms with E-state index in [2.05, 4.69) is 20.9 Å². The number of amides is 2.